The number of nitrogens with one attached hydrogen (secondary N) is 1. The molecule has 3 nitrogen and oxygen atoms in total. The first-order valence-electron chi connectivity index (χ1n) is 7.43. The van der Waals surface area contributed by atoms with Gasteiger partial charge >= 0.3 is 0 Å². The van der Waals surface area contributed by atoms with E-state index in [4.69, 9.17) is 5.73 Å². The Morgan fingerprint density at radius 2 is 1.76 bits per heavy atom. The molecule has 0 unspecified atom stereocenters. The average molecular weight is 235 g/mol. The lowest BCUT2D eigenvalue weighted by molar-refractivity contribution is 0.273. The van der Waals surface area contributed by atoms with Crippen molar-refractivity contribution in [3.05, 3.63) is 0 Å². The van der Waals surface area contributed by atoms with Crippen LogP contribution in [0.1, 0.15) is 57.8 Å². The minimum Gasteiger partial charge on any atom is -0.370 e. The van der Waals surface area contributed by atoms with Gasteiger partial charge in [0.2, 0.25) is 0 Å². The second-order valence-corrected chi connectivity index (χ2v) is 6.15. The third kappa shape index (κ3) is 2.75. The fourth-order valence-electron chi connectivity index (χ4n) is 3.40. The summed E-state index contributed by atoms with van der Waals surface area (Å²) in [4.78, 5) is 4.65. The molecule has 96 valence electrons. The number of hydrogen-bond donors (Lipinski definition) is 2. The van der Waals surface area contributed by atoms with Gasteiger partial charge in [0.15, 0.2) is 5.96 Å². The predicted molar refractivity (Wildman–Crippen MR) is 70.9 cm³/mol. The van der Waals surface area contributed by atoms with Crippen molar-refractivity contribution in [2.45, 2.75) is 69.9 Å². The number of aliphatic imine (C=N–C) groups is 1. The highest BCUT2D eigenvalue weighted by Crippen LogP contribution is 2.48. The van der Waals surface area contributed by atoms with Crippen LogP contribution in [-0.2, 0) is 0 Å². The van der Waals surface area contributed by atoms with Crippen molar-refractivity contribution >= 4 is 5.96 Å². The monoisotopic (exact) mass is 235 g/mol. The number of nitrogens with two attached hydrogens (primary N) is 1. The number of nitrogens with zero attached hydrogens (tertiary/aromatic N) is 1. The Hall–Kier alpha value is -0.730. The second kappa shape index (κ2) is 4.87. The van der Waals surface area contributed by atoms with Gasteiger partial charge in [-0.2, -0.15) is 0 Å². The minimum atomic E-state index is 0.552. The summed E-state index contributed by atoms with van der Waals surface area (Å²) in [5.41, 5.74) is 6.01. The van der Waals surface area contributed by atoms with Crippen LogP contribution in [0.2, 0.25) is 0 Å². The normalized spacial score (nSPS) is 35.4. The van der Waals surface area contributed by atoms with Crippen molar-refractivity contribution < 1.29 is 0 Å². The Morgan fingerprint density at radius 1 is 1.00 bits per heavy atom. The topological polar surface area (TPSA) is 50.4 Å². The molecule has 0 amide bonds. The number of rotatable bonds is 3. The van der Waals surface area contributed by atoms with Crippen molar-refractivity contribution in [1.82, 2.24) is 5.32 Å². The van der Waals surface area contributed by atoms with Crippen LogP contribution in [-0.4, -0.2) is 18.0 Å². The molecule has 3 N–H and O–H groups in total. The van der Waals surface area contributed by atoms with Crippen molar-refractivity contribution in [2.24, 2.45) is 22.6 Å². The summed E-state index contributed by atoms with van der Waals surface area (Å²) in [6, 6.07) is 1.14. The van der Waals surface area contributed by atoms with E-state index in [-0.39, 0.29) is 0 Å². The molecule has 3 rings (SSSR count). The average Bonchev–Trinajstić information content (AvgIpc) is 2.95. The van der Waals surface area contributed by atoms with Crippen LogP contribution in [0, 0.1) is 11.8 Å². The van der Waals surface area contributed by atoms with Crippen LogP contribution < -0.4 is 11.1 Å². The van der Waals surface area contributed by atoms with Crippen LogP contribution in [0.5, 0.6) is 0 Å². The van der Waals surface area contributed by atoms with Gasteiger partial charge in [0.05, 0.1) is 6.04 Å². The molecule has 0 aromatic heterocycles. The fraction of sp³-hybridized carbons (Fsp3) is 0.929. The Labute approximate surface area is 104 Å². The minimum absolute atomic E-state index is 0.552. The lowest BCUT2D eigenvalue weighted by Gasteiger charge is -2.25. The predicted octanol–water partition coefficient (Wildman–Crippen LogP) is 2.41. The summed E-state index contributed by atoms with van der Waals surface area (Å²) in [5, 5.41) is 3.41. The Kier molecular flexibility index (Phi) is 3.26. The third-order valence-electron chi connectivity index (χ3n) is 4.82. The summed E-state index contributed by atoms with van der Waals surface area (Å²) in [6.07, 6.45) is 12.2. The highest BCUT2D eigenvalue weighted by molar-refractivity contribution is 5.78. The molecule has 0 spiro atoms. The van der Waals surface area contributed by atoms with Crippen LogP contribution in [0.15, 0.2) is 4.99 Å². The van der Waals surface area contributed by atoms with Gasteiger partial charge in [-0.15, -0.1) is 0 Å². The van der Waals surface area contributed by atoms with Gasteiger partial charge in [0.25, 0.3) is 0 Å². The van der Waals surface area contributed by atoms with Gasteiger partial charge in [0, 0.05) is 6.04 Å². The van der Waals surface area contributed by atoms with Gasteiger partial charge in [-0.25, -0.2) is 4.99 Å². The molecule has 0 radical (unpaired) electrons. The fourth-order valence-corrected chi connectivity index (χ4v) is 3.40. The summed E-state index contributed by atoms with van der Waals surface area (Å²) in [6.45, 7) is 0. The maximum atomic E-state index is 6.01. The molecule has 3 heteroatoms. The molecule has 0 heterocycles. The van der Waals surface area contributed by atoms with E-state index in [0.29, 0.717) is 18.0 Å². The molecule has 0 bridgehead atoms. The van der Waals surface area contributed by atoms with E-state index in [9.17, 15) is 0 Å². The molecule has 3 aliphatic rings. The summed E-state index contributed by atoms with van der Waals surface area (Å²) in [5.74, 6) is 2.56. The molecule has 3 fully saturated rings. The van der Waals surface area contributed by atoms with E-state index >= 15 is 0 Å². The smallest absolute Gasteiger partial charge is 0.189 e. The van der Waals surface area contributed by atoms with E-state index in [2.05, 4.69) is 10.3 Å². The Balaban J connectivity index is 1.44. The Bertz CT molecular complexity index is 290. The second-order valence-electron chi connectivity index (χ2n) is 6.15. The van der Waals surface area contributed by atoms with Crippen molar-refractivity contribution in [3.8, 4) is 0 Å². The van der Waals surface area contributed by atoms with Crippen LogP contribution in [0.4, 0.5) is 0 Å². The lowest BCUT2D eigenvalue weighted by Crippen LogP contribution is -2.41. The van der Waals surface area contributed by atoms with Gasteiger partial charge in [0.1, 0.15) is 0 Å². The van der Waals surface area contributed by atoms with Crippen molar-refractivity contribution in [2.75, 3.05) is 0 Å². The first-order chi connectivity index (χ1) is 8.33. The SMILES string of the molecule is NC(=N[C@@H]1C[C@H]1C1CCC1)NC1CCCCC1. The molecule has 0 saturated heterocycles. The third-order valence-corrected chi connectivity index (χ3v) is 4.82. The van der Waals surface area contributed by atoms with Gasteiger partial charge in [-0.1, -0.05) is 38.5 Å². The standard InChI is InChI=1S/C14H25N3/c15-14(16-11-7-2-1-3-8-11)17-13-9-12(13)10-5-4-6-10/h10-13H,1-9H2,(H3,15,16,17)/t12-,13+/m0/s1. The highest BCUT2D eigenvalue weighted by atomic mass is 15.1. The van der Waals surface area contributed by atoms with Crippen LogP contribution >= 0.6 is 0 Å². The molecule has 3 saturated carbocycles. The number of guanidine groups is 1. The highest BCUT2D eigenvalue weighted by Gasteiger charge is 2.45. The zero-order valence-corrected chi connectivity index (χ0v) is 10.7. The zero-order chi connectivity index (χ0) is 11.7. The maximum Gasteiger partial charge on any atom is 0.189 e. The van der Waals surface area contributed by atoms with Gasteiger partial charge < -0.3 is 11.1 Å². The van der Waals surface area contributed by atoms with Crippen molar-refractivity contribution in [1.29, 1.82) is 0 Å². The molecule has 2 atom stereocenters. The van der Waals surface area contributed by atoms with E-state index in [1.54, 1.807) is 0 Å². The van der Waals surface area contributed by atoms with E-state index in [1.807, 2.05) is 0 Å². The molecular formula is C14H25N3. The molecule has 3 aliphatic carbocycles. The molecular weight excluding hydrogens is 210 g/mol. The first kappa shape index (κ1) is 11.4. The van der Waals surface area contributed by atoms with Crippen LogP contribution in [0.25, 0.3) is 0 Å². The lowest BCUT2D eigenvalue weighted by atomic mass is 9.81. The summed E-state index contributed by atoms with van der Waals surface area (Å²) in [7, 11) is 0. The molecule has 0 aromatic rings. The van der Waals surface area contributed by atoms with E-state index in [0.717, 1.165) is 11.8 Å². The van der Waals surface area contributed by atoms with Crippen molar-refractivity contribution in [3.63, 3.8) is 0 Å². The molecule has 0 aliphatic heterocycles. The zero-order valence-electron chi connectivity index (χ0n) is 10.7. The summed E-state index contributed by atoms with van der Waals surface area (Å²) < 4.78 is 0. The number of hydrogen-bond acceptors (Lipinski definition) is 1. The molecule has 0 aromatic carbocycles. The quantitative estimate of drug-likeness (QED) is 0.583. The largest absolute Gasteiger partial charge is 0.370 e. The van der Waals surface area contributed by atoms with Gasteiger partial charge in [-0.3, -0.25) is 0 Å². The van der Waals surface area contributed by atoms with Crippen LogP contribution in [0.3, 0.4) is 0 Å². The van der Waals surface area contributed by atoms with Gasteiger partial charge in [-0.05, 0) is 31.1 Å². The van der Waals surface area contributed by atoms with E-state index < -0.39 is 0 Å². The maximum absolute atomic E-state index is 6.01. The van der Waals surface area contributed by atoms with E-state index in [1.165, 1.54) is 57.8 Å². The Morgan fingerprint density at radius 3 is 2.41 bits per heavy atom. The summed E-state index contributed by atoms with van der Waals surface area (Å²) >= 11 is 0. The molecule has 17 heavy (non-hydrogen) atoms. The first-order valence-corrected chi connectivity index (χ1v) is 7.43.